The summed E-state index contributed by atoms with van der Waals surface area (Å²) >= 11 is 1.39. The Balaban J connectivity index is 3.22. The molecule has 0 N–H and O–H groups in total. The van der Waals surface area contributed by atoms with E-state index in [1.54, 1.807) is 0 Å². The first-order valence-electron chi connectivity index (χ1n) is 4.10. The molecule has 0 saturated heterocycles. The van der Waals surface area contributed by atoms with Crippen LogP contribution in [0.15, 0.2) is 0 Å². The van der Waals surface area contributed by atoms with Crippen LogP contribution in [0.1, 0.15) is 26.7 Å². The Hall–Kier alpha value is 0.140. The van der Waals surface area contributed by atoms with Crippen LogP contribution < -0.4 is 0 Å². The van der Waals surface area contributed by atoms with Gasteiger partial charge in [-0.15, -0.1) is 0 Å². The Morgan fingerprint density at radius 1 is 1.33 bits per heavy atom. The van der Waals surface area contributed by atoms with E-state index < -0.39 is 12.6 Å². The molecule has 0 aromatic heterocycles. The Bertz CT molecular complexity index is 111. The quantitative estimate of drug-likeness (QED) is 0.609. The first kappa shape index (κ1) is 12.1. The maximum atomic E-state index is 11.6. The van der Waals surface area contributed by atoms with Gasteiger partial charge in [0.1, 0.15) is 0 Å². The summed E-state index contributed by atoms with van der Waals surface area (Å²) in [6, 6.07) is 0. The van der Waals surface area contributed by atoms with Crippen molar-refractivity contribution in [1.29, 1.82) is 0 Å². The van der Waals surface area contributed by atoms with E-state index in [0.717, 1.165) is 12.2 Å². The summed E-state index contributed by atoms with van der Waals surface area (Å²) in [6.45, 7) is 4.11. The van der Waals surface area contributed by atoms with Gasteiger partial charge in [-0.1, -0.05) is 20.3 Å². The van der Waals surface area contributed by atoms with Crippen molar-refractivity contribution < 1.29 is 13.2 Å². The van der Waals surface area contributed by atoms with Crippen molar-refractivity contribution >= 4 is 11.8 Å². The van der Waals surface area contributed by atoms with Crippen molar-refractivity contribution in [1.82, 2.24) is 0 Å². The van der Waals surface area contributed by atoms with Gasteiger partial charge in [0.05, 0.1) is 6.42 Å². The average molecular weight is 200 g/mol. The molecule has 0 bridgehead atoms. The minimum Gasteiger partial charge on any atom is -0.171 e. The number of rotatable bonds is 5. The molecular weight excluding hydrogens is 185 g/mol. The molecule has 0 heterocycles. The third-order valence-electron chi connectivity index (χ3n) is 1.63. The number of hydrogen-bond acceptors (Lipinski definition) is 1. The van der Waals surface area contributed by atoms with Crippen molar-refractivity contribution in [3.63, 3.8) is 0 Å². The van der Waals surface area contributed by atoms with E-state index in [4.69, 9.17) is 0 Å². The summed E-state index contributed by atoms with van der Waals surface area (Å²) in [7, 11) is 0. The van der Waals surface area contributed by atoms with Gasteiger partial charge in [0.25, 0.3) is 0 Å². The standard InChI is InChI=1S/C8H15F3S/c1-3-7(2)6-12-5-4-8(9,10)11/h7H,3-6H2,1-2H3/t7-/m1/s1. The van der Waals surface area contributed by atoms with Crippen LogP contribution in [0.2, 0.25) is 0 Å². The van der Waals surface area contributed by atoms with Crippen LogP contribution in [0.25, 0.3) is 0 Å². The lowest BCUT2D eigenvalue weighted by atomic mass is 10.2. The van der Waals surface area contributed by atoms with E-state index in [-0.39, 0.29) is 5.75 Å². The second-order valence-corrected chi connectivity index (χ2v) is 4.10. The van der Waals surface area contributed by atoms with Crippen molar-refractivity contribution in [3.8, 4) is 0 Å². The lowest BCUT2D eigenvalue weighted by Gasteiger charge is -2.08. The van der Waals surface area contributed by atoms with Gasteiger partial charge in [0.2, 0.25) is 0 Å². The van der Waals surface area contributed by atoms with Gasteiger partial charge in [-0.3, -0.25) is 0 Å². The first-order valence-corrected chi connectivity index (χ1v) is 5.25. The lowest BCUT2D eigenvalue weighted by Crippen LogP contribution is -2.09. The van der Waals surface area contributed by atoms with Crippen molar-refractivity contribution in [2.24, 2.45) is 5.92 Å². The molecule has 74 valence electrons. The van der Waals surface area contributed by atoms with E-state index in [0.29, 0.717) is 5.92 Å². The molecule has 0 spiro atoms. The van der Waals surface area contributed by atoms with Gasteiger partial charge < -0.3 is 0 Å². The smallest absolute Gasteiger partial charge is 0.171 e. The SMILES string of the molecule is CC[C@@H](C)CSCCC(F)(F)F. The van der Waals surface area contributed by atoms with Gasteiger partial charge in [-0.25, -0.2) is 0 Å². The zero-order valence-electron chi connectivity index (χ0n) is 7.45. The van der Waals surface area contributed by atoms with Crippen LogP contribution in [0.5, 0.6) is 0 Å². The zero-order valence-corrected chi connectivity index (χ0v) is 8.26. The maximum absolute atomic E-state index is 11.6. The molecule has 0 aromatic carbocycles. The summed E-state index contributed by atoms with van der Waals surface area (Å²) in [5.74, 6) is 1.57. The molecule has 0 saturated carbocycles. The van der Waals surface area contributed by atoms with Crippen LogP contribution in [0.4, 0.5) is 13.2 Å². The van der Waals surface area contributed by atoms with E-state index >= 15 is 0 Å². The third kappa shape index (κ3) is 8.24. The van der Waals surface area contributed by atoms with Gasteiger partial charge in [-0.2, -0.15) is 24.9 Å². The van der Waals surface area contributed by atoms with Crippen LogP contribution in [0, 0.1) is 5.92 Å². The molecule has 0 aliphatic heterocycles. The third-order valence-corrected chi connectivity index (χ3v) is 2.93. The monoisotopic (exact) mass is 200 g/mol. The molecule has 0 aromatic rings. The highest BCUT2D eigenvalue weighted by molar-refractivity contribution is 7.99. The van der Waals surface area contributed by atoms with Gasteiger partial charge in [0.15, 0.2) is 0 Å². The lowest BCUT2D eigenvalue weighted by molar-refractivity contribution is -0.129. The summed E-state index contributed by atoms with van der Waals surface area (Å²) in [5, 5.41) is 0. The van der Waals surface area contributed by atoms with E-state index in [1.807, 2.05) is 0 Å². The van der Waals surface area contributed by atoms with Crippen LogP contribution in [-0.4, -0.2) is 17.7 Å². The van der Waals surface area contributed by atoms with Gasteiger partial charge >= 0.3 is 6.18 Å². The first-order chi connectivity index (χ1) is 5.45. The fourth-order valence-electron chi connectivity index (χ4n) is 0.590. The molecular formula is C8H15F3S. The molecule has 0 amide bonds. The second-order valence-electron chi connectivity index (χ2n) is 2.95. The average Bonchev–Trinajstić information content (AvgIpc) is 1.96. The van der Waals surface area contributed by atoms with Gasteiger partial charge in [0, 0.05) is 5.75 Å². The van der Waals surface area contributed by atoms with Crippen molar-refractivity contribution in [3.05, 3.63) is 0 Å². The summed E-state index contributed by atoms with van der Waals surface area (Å²) in [6.07, 6.45) is -3.60. The van der Waals surface area contributed by atoms with Crippen LogP contribution in [-0.2, 0) is 0 Å². The molecule has 12 heavy (non-hydrogen) atoms. The fourth-order valence-corrected chi connectivity index (χ4v) is 1.77. The van der Waals surface area contributed by atoms with E-state index in [1.165, 1.54) is 11.8 Å². The zero-order chi connectivity index (χ0) is 9.61. The number of alkyl halides is 3. The summed E-state index contributed by atoms with van der Waals surface area (Å²) < 4.78 is 34.9. The van der Waals surface area contributed by atoms with Crippen molar-refractivity contribution in [2.75, 3.05) is 11.5 Å². The predicted octanol–water partition coefficient (Wildman–Crippen LogP) is 3.72. The highest BCUT2D eigenvalue weighted by atomic mass is 32.2. The molecule has 0 aliphatic rings. The highest BCUT2D eigenvalue weighted by Gasteiger charge is 2.26. The Morgan fingerprint density at radius 3 is 2.33 bits per heavy atom. The number of thioether (sulfide) groups is 1. The molecule has 0 fully saturated rings. The minimum absolute atomic E-state index is 0.202. The highest BCUT2D eigenvalue weighted by Crippen LogP contribution is 2.23. The Morgan fingerprint density at radius 2 is 1.92 bits per heavy atom. The van der Waals surface area contributed by atoms with Crippen LogP contribution in [0.3, 0.4) is 0 Å². The Labute approximate surface area is 75.9 Å². The number of halogens is 3. The van der Waals surface area contributed by atoms with E-state index in [2.05, 4.69) is 13.8 Å². The van der Waals surface area contributed by atoms with Crippen LogP contribution >= 0.6 is 11.8 Å². The molecule has 4 heteroatoms. The molecule has 0 unspecified atom stereocenters. The molecule has 0 rings (SSSR count). The summed E-state index contributed by atoms with van der Waals surface area (Å²) in [5.41, 5.74) is 0. The normalized spacial score (nSPS) is 14.8. The predicted molar refractivity (Wildman–Crippen MR) is 47.5 cm³/mol. The molecule has 0 radical (unpaired) electrons. The summed E-state index contributed by atoms with van der Waals surface area (Å²) in [4.78, 5) is 0. The maximum Gasteiger partial charge on any atom is 0.389 e. The topological polar surface area (TPSA) is 0 Å². The second kappa shape index (κ2) is 5.73. The molecule has 0 aliphatic carbocycles. The molecule has 0 nitrogen and oxygen atoms in total. The fraction of sp³-hybridized carbons (Fsp3) is 1.00. The van der Waals surface area contributed by atoms with Gasteiger partial charge in [-0.05, 0) is 11.7 Å². The minimum atomic E-state index is -3.98. The number of hydrogen-bond donors (Lipinski definition) is 0. The molecule has 1 atom stereocenters. The largest absolute Gasteiger partial charge is 0.389 e. The van der Waals surface area contributed by atoms with E-state index in [9.17, 15) is 13.2 Å². The van der Waals surface area contributed by atoms with Crippen molar-refractivity contribution in [2.45, 2.75) is 32.9 Å². The Kier molecular flexibility index (Phi) is 5.80.